The lowest BCUT2D eigenvalue weighted by molar-refractivity contribution is -0.143. The zero-order valence-corrected chi connectivity index (χ0v) is 40.5. The van der Waals surface area contributed by atoms with Crippen LogP contribution in [0.25, 0.3) is 0 Å². The Hall–Kier alpha value is -1.40. The van der Waals surface area contributed by atoms with Gasteiger partial charge in [-0.05, 0) is 32.1 Å². The number of ether oxygens (including phenoxy) is 1. The van der Waals surface area contributed by atoms with E-state index in [9.17, 15) is 19.8 Å². The topological polar surface area (TPSA) is 95.9 Å². The van der Waals surface area contributed by atoms with Crippen LogP contribution in [0.2, 0.25) is 0 Å². The van der Waals surface area contributed by atoms with Crippen molar-refractivity contribution in [2.45, 2.75) is 309 Å². The minimum atomic E-state index is -0.857. The number of rotatable bonds is 50. The van der Waals surface area contributed by atoms with Gasteiger partial charge in [0, 0.05) is 12.8 Å². The van der Waals surface area contributed by atoms with Crippen LogP contribution in [0.5, 0.6) is 0 Å². The van der Waals surface area contributed by atoms with Crippen LogP contribution in [0.3, 0.4) is 0 Å². The number of aliphatic hydroxyl groups is 2. The number of nitrogens with one attached hydrogen (secondary N) is 1. The maximum absolute atomic E-state index is 12.4. The average molecular weight is 848 g/mol. The molecule has 0 saturated heterocycles. The lowest BCUT2D eigenvalue weighted by Gasteiger charge is -2.20. The number of aliphatic hydroxyl groups excluding tert-OH is 2. The van der Waals surface area contributed by atoms with Crippen molar-refractivity contribution in [2.24, 2.45) is 0 Å². The predicted molar refractivity (Wildman–Crippen MR) is 260 cm³/mol. The largest absolute Gasteiger partial charge is 0.466 e. The Morgan fingerprint density at radius 2 is 0.767 bits per heavy atom. The van der Waals surface area contributed by atoms with Crippen LogP contribution in [0.15, 0.2) is 12.2 Å². The van der Waals surface area contributed by atoms with Gasteiger partial charge >= 0.3 is 5.97 Å². The predicted octanol–water partition coefficient (Wildman–Crippen LogP) is 16.1. The zero-order chi connectivity index (χ0) is 43.7. The summed E-state index contributed by atoms with van der Waals surface area (Å²) >= 11 is 0. The van der Waals surface area contributed by atoms with Gasteiger partial charge in [0.05, 0.1) is 25.4 Å². The van der Waals surface area contributed by atoms with E-state index >= 15 is 0 Å². The number of carbonyl (C=O) groups is 2. The van der Waals surface area contributed by atoms with Gasteiger partial charge in [-0.3, -0.25) is 9.59 Å². The number of unbranched alkanes of at least 4 members (excludes halogenated alkanes) is 39. The second kappa shape index (κ2) is 50.2. The summed E-state index contributed by atoms with van der Waals surface area (Å²) in [5, 5.41) is 23.1. The van der Waals surface area contributed by atoms with Gasteiger partial charge in [0.15, 0.2) is 0 Å². The molecule has 1 amide bonds. The van der Waals surface area contributed by atoms with Crippen LogP contribution >= 0.6 is 0 Å². The van der Waals surface area contributed by atoms with Crippen LogP contribution in [0, 0.1) is 0 Å². The summed E-state index contributed by atoms with van der Waals surface area (Å²) in [6.07, 6.45) is 57.8. The van der Waals surface area contributed by atoms with Crippen molar-refractivity contribution in [2.75, 3.05) is 13.2 Å². The molecule has 6 heteroatoms. The molecule has 2 atom stereocenters. The van der Waals surface area contributed by atoms with Crippen molar-refractivity contribution in [3.63, 3.8) is 0 Å². The van der Waals surface area contributed by atoms with Gasteiger partial charge in [-0.1, -0.05) is 264 Å². The van der Waals surface area contributed by atoms with Crippen LogP contribution in [0.1, 0.15) is 296 Å². The lowest BCUT2D eigenvalue weighted by atomic mass is 10.0. The van der Waals surface area contributed by atoms with Gasteiger partial charge in [0.25, 0.3) is 0 Å². The van der Waals surface area contributed by atoms with E-state index in [1.165, 1.54) is 212 Å². The van der Waals surface area contributed by atoms with Crippen LogP contribution < -0.4 is 5.32 Å². The Balaban J connectivity index is 3.48. The van der Waals surface area contributed by atoms with Gasteiger partial charge in [-0.2, -0.15) is 0 Å². The molecule has 0 saturated carbocycles. The highest BCUT2D eigenvalue weighted by molar-refractivity contribution is 5.76. The Bertz CT molecular complexity index is 893. The Morgan fingerprint density at radius 1 is 0.450 bits per heavy atom. The van der Waals surface area contributed by atoms with Crippen molar-refractivity contribution in [3.8, 4) is 0 Å². The third kappa shape index (κ3) is 46.1. The molecular weight excluding hydrogens is 743 g/mol. The third-order valence-corrected chi connectivity index (χ3v) is 12.6. The standard InChI is InChI=1S/C54H105NO5/c1-3-5-7-9-11-13-15-17-19-21-23-25-27-32-36-40-44-48-54(59)60-49-45-41-37-33-29-28-31-35-39-43-47-53(58)55-51(50-56)52(57)46-42-38-34-30-26-24-22-20-18-16-14-12-10-8-6-4-2/h42,46,51-52,56-57H,3-41,43-45,47-50H2,1-2H3,(H,55,58)/b46-42+. The first-order chi connectivity index (χ1) is 29.5. The van der Waals surface area contributed by atoms with Crippen molar-refractivity contribution >= 4 is 11.9 Å². The fourth-order valence-corrected chi connectivity index (χ4v) is 8.40. The summed E-state index contributed by atoms with van der Waals surface area (Å²) in [6.45, 7) is 4.87. The molecule has 0 aliphatic carbocycles. The van der Waals surface area contributed by atoms with Gasteiger partial charge in [-0.25, -0.2) is 0 Å². The molecule has 0 heterocycles. The molecule has 0 aromatic carbocycles. The molecule has 0 aromatic heterocycles. The maximum Gasteiger partial charge on any atom is 0.305 e. The van der Waals surface area contributed by atoms with Gasteiger partial charge in [0.1, 0.15) is 0 Å². The van der Waals surface area contributed by atoms with E-state index in [0.29, 0.717) is 19.4 Å². The highest BCUT2D eigenvalue weighted by atomic mass is 16.5. The average Bonchev–Trinajstić information content (AvgIpc) is 3.25. The Kier molecular flexibility index (Phi) is 49.1. The Labute approximate surface area is 374 Å². The van der Waals surface area contributed by atoms with Crippen LogP contribution in [-0.4, -0.2) is 47.4 Å². The molecule has 0 aromatic rings. The normalized spacial score (nSPS) is 12.7. The molecule has 0 aliphatic rings. The summed E-state index contributed by atoms with van der Waals surface area (Å²) in [6, 6.07) is -0.643. The smallest absolute Gasteiger partial charge is 0.305 e. The molecule has 0 aliphatic heterocycles. The number of hydrogen-bond donors (Lipinski definition) is 3. The summed E-state index contributed by atoms with van der Waals surface area (Å²) in [5.41, 5.74) is 0. The molecule has 3 N–H and O–H groups in total. The Morgan fingerprint density at radius 3 is 1.13 bits per heavy atom. The number of carbonyl (C=O) groups excluding carboxylic acids is 2. The van der Waals surface area contributed by atoms with E-state index in [1.807, 2.05) is 6.08 Å². The molecule has 0 radical (unpaired) electrons. The van der Waals surface area contributed by atoms with E-state index < -0.39 is 12.1 Å². The number of hydrogen-bond acceptors (Lipinski definition) is 5. The minimum Gasteiger partial charge on any atom is -0.466 e. The second-order valence-corrected chi connectivity index (χ2v) is 18.6. The van der Waals surface area contributed by atoms with E-state index in [-0.39, 0.29) is 18.5 Å². The third-order valence-electron chi connectivity index (χ3n) is 12.6. The van der Waals surface area contributed by atoms with Crippen LogP contribution in [-0.2, 0) is 14.3 Å². The van der Waals surface area contributed by atoms with Crippen molar-refractivity contribution in [3.05, 3.63) is 12.2 Å². The van der Waals surface area contributed by atoms with E-state index in [4.69, 9.17) is 4.74 Å². The summed E-state index contributed by atoms with van der Waals surface area (Å²) in [5.74, 6) is -0.105. The van der Waals surface area contributed by atoms with E-state index in [1.54, 1.807) is 6.08 Å². The molecule has 60 heavy (non-hydrogen) atoms. The highest BCUT2D eigenvalue weighted by Gasteiger charge is 2.18. The first kappa shape index (κ1) is 58.6. The molecular formula is C54H105NO5. The van der Waals surface area contributed by atoms with E-state index in [0.717, 1.165) is 57.8 Å². The maximum atomic E-state index is 12.4. The summed E-state index contributed by atoms with van der Waals surface area (Å²) in [4.78, 5) is 24.5. The summed E-state index contributed by atoms with van der Waals surface area (Å²) in [7, 11) is 0. The monoisotopic (exact) mass is 848 g/mol. The molecule has 6 nitrogen and oxygen atoms in total. The van der Waals surface area contributed by atoms with Gasteiger partial charge in [-0.15, -0.1) is 0 Å². The SMILES string of the molecule is CCCCCCCCCCCCCCCC/C=C/C(O)C(CO)NC(=O)CCCCCCCCCCCCOC(=O)CCCCCCCCCCCCCCCCCCC. The first-order valence-electron chi connectivity index (χ1n) is 27.0. The number of allylic oxidation sites excluding steroid dienone is 1. The first-order valence-corrected chi connectivity index (χ1v) is 27.0. The minimum absolute atomic E-state index is 0.0165. The van der Waals surface area contributed by atoms with Gasteiger partial charge < -0.3 is 20.3 Å². The number of amides is 1. The number of esters is 1. The van der Waals surface area contributed by atoms with E-state index in [2.05, 4.69) is 19.2 Å². The van der Waals surface area contributed by atoms with Crippen molar-refractivity contribution in [1.29, 1.82) is 0 Å². The fraction of sp³-hybridized carbons (Fsp3) is 0.926. The molecule has 356 valence electrons. The molecule has 0 rings (SSSR count). The fourth-order valence-electron chi connectivity index (χ4n) is 8.40. The quantitative estimate of drug-likeness (QED) is 0.0322. The van der Waals surface area contributed by atoms with Crippen LogP contribution in [0.4, 0.5) is 0 Å². The van der Waals surface area contributed by atoms with Crippen molar-refractivity contribution in [1.82, 2.24) is 5.32 Å². The molecule has 0 bridgehead atoms. The summed E-state index contributed by atoms with van der Waals surface area (Å²) < 4.78 is 5.47. The van der Waals surface area contributed by atoms with Gasteiger partial charge in [0.2, 0.25) is 5.91 Å². The molecule has 0 spiro atoms. The van der Waals surface area contributed by atoms with Crippen molar-refractivity contribution < 1.29 is 24.5 Å². The molecule has 2 unspecified atom stereocenters. The molecule has 0 fully saturated rings. The second-order valence-electron chi connectivity index (χ2n) is 18.6. The lowest BCUT2D eigenvalue weighted by Crippen LogP contribution is -2.45. The zero-order valence-electron chi connectivity index (χ0n) is 40.5. The highest BCUT2D eigenvalue weighted by Crippen LogP contribution is 2.17.